The Balaban J connectivity index is 2.23. The molecule has 0 aromatic heterocycles. The minimum Gasteiger partial charge on any atom is -0.374 e. The van der Waals surface area contributed by atoms with E-state index in [2.05, 4.69) is 5.32 Å². The normalized spacial score (nSPS) is 37.9. The molecule has 1 aliphatic heterocycles. The molecule has 1 aliphatic rings. The van der Waals surface area contributed by atoms with Crippen LogP contribution in [0.15, 0.2) is 0 Å². The predicted octanol–water partition coefficient (Wildman–Crippen LogP) is 1.11. The zero-order chi connectivity index (χ0) is 8.27. The summed E-state index contributed by atoms with van der Waals surface area (Å²) in [6, 6.07) is 0.348. The molecular formula is C8H16FNO. The molecule has 0 saturated carbocycles. The molecule has 3 heteroatoms. The molecule has 3 unspecified atom stereocenters. The Hall–Kier alpha value is -0.150. The SMILES string of the molecule is CC1CC(NCCF)C(C)O1. The van der Waals surface area contributed by atoms with E-state index in [0.717, 1.165) is 6.42 Å². The van der Waals surface area contributed by atoms with Crippen molar-refractivity contribution in [2.45, 2.75) is 38.5 Å². The lowest BCUT2D eigenvalue weighted by atomic mass is 10.1. The first kappa shape index (κ1) is 8.94. The van der Waals surface area contributed by atoms with Crippen LogP contribution in [-0.4, -0.2) is 31.5 Å². The maximum Gasteiger partial charge on any atom is 0.102 e. The van der Waals surface area contributed by atoms with Crippen LogP contribution in [0.25, 0.3) is 0 Å². The van der Waals surface area contributed by atoms with Crippen molar-refractivity contribution >= 4 is 0 Å². The Bertz CT molecular complexity index is 121. The second kappa shape index (κ2) is 4.02. The largest absolute Gasteiger partial charge is 0.374 e. The van der Waals surface area contributed by atoms with E-state index in [0.29, 0.717) is 18.7 Å². The summed E-state index contributed by atoms with van der Waals surface area (Å²) < 4.78 is 17.3. The van der Waals surface area contributed by atoms with Gasteiger partial charge in [-0.3, -0.25) is 0 Å². The summed E-state index contributed by atoms with van der Waals surface area (Å²) in [5.74, 6) is 0. The molecule has 1 fully saturated rings. The van der Waals surface area contributed by atoms with Crippen molar-refractivity contribution in [2.75, 3.05) is 13.2 Å². The number of ether oxygens (including phenoxy) is 1. The summed E-state index contributed by atoms with van der Waals surface area (Å²) >= 11 is 0. The Morgan fingerprint density at radius 3 is 2.73 bits per heavy atom. The number of hydrogen-bond donors (Lipinski definition) is 1. The van der Waals surface area contributed by atoms with Gasteiger partial charge >= 0.3 is 0 Å². The van der Waals surface area contributed by atoms with Crippen LogP contribution in [0.5, 0.6) is 0 Å². The van der Waals surface area contributed by atoms with Gasteiger partial charge in [-0.05, 0) is 20.3 Å². The summed E-state index contributed by atoms with van der Waals surface area (Å²) in [6.07, 6.45) is 1.56. The van der Waals surface area contributed by atoms with Crippen LogP contribution in [0.3, 0.4) is 0 Å². The van der Waals surface area contributed by atoms with Gasteiger partial charge in [0.1, 0.15) is 6.67 Å². The molecule has 3 atom stereocenters. The van der Waals surface area contributed by atoms with E-state index in [1.54, 1.807) is 0 Å². The third-order valence-electron chi connectivity index (χ3n) is 2.10. The Morgan fingerprint density at radius 1 is 1.55 bits per heavy atom. The fraction of sp³-hybridized carbons (Fsp3) is 1.00. The smallest absolute Gasteiger partial charge is 0.102 e. The summed E-state index contributed by atoms with van der Waals surface area (Å²) in [6.45, 7) is 4.23. The fourth-order valence-electron chi connectivity index (χ4n) is 1.56. The molecule has 1 N–H and O–H groups in total. The van der Waals surface area contributed by atoms with Crippen molar-refractivity contribution in [2.24, 2.45) is 0 Å². The molecule has 0 aromatic rings. The van der Waals surface area contributed by atoms with Crippen LogP contribution in [0.4, 0.5) is 4.39 Å². The van der Waals surface area contributed by atoms with Crippen LogP contribution >= 0.6 is 0 Å². The first-order valence-electron chi connectivity index (χ1n) is 4.19. The lowest BCUT2D eigenvalue weighted by Crippen LogP contribution is -2.35. The van der Waals surface area contributed by atoms with Crippen molar-refractivity contribution in [1.82, 2.24) is 5.32 Å². The van der Waals surface area contributed by atoms with Crippen molar-refractivity contribution in [1.29, 1.82) is 0 Å². The van der Waals surface area contributed by atoms with E-state index >= 15 is 0 Å². The van der Waals surface area contributed by atoms with Gasteiger partial charge < -0.3 is 10.1 Å². The predicted molar refractivity (Wildman–Crippen MR) is 42.4 cm³/mol. The molecule has 1 rings (SSSR count). The highest BCUT2D eigenvalue weighted by Gasteiger charge is 2.28. The summed E-state index contributed by atoms with van der Waals surface area (Å²) in [5.41, 5.74) is 0. The molecule has 0 spiro atoms. The van der Waals surface area contributed by atoms with E-state index in [9.17, 15) is 4.39 Å². The molecule has 0 radical (unpaired) electrons. The van der Waals surface area contributed by atoms with E-state index in [-0.39, 0.29) is 12.8 Å². The van der Waals surface area contributed by atoms with E-state index in [1.807, 2.05) is 13.8 Å². The minimum atomic E-state index is -0.294. The van der Waals surface area contributed by atoms with Gasteiger partial charge in [-0.2, -0.15) is 0 Å². The molecule has 0 bridgehead atoms. The van der Waals surface area contributed by atoms with E-state index in [1.165, 1.54) is 0 Å². The maximum atomic E-state index is 11.8. The molecule has 1 heterocycles. The third-order valence-corrected chi connectivity index (χ3v) is 2.10. The van der Waals surface area contributed by atoms with Gasteiger partial charge in [0.2, 0.25) is 0 Å². The first-order chi connectivity index (χ1) is 5.24. The lowest BCUT2D eigenvalue weighted by molar-refractivity contribution is 0.0605. The highest BCUT2D eigenvalue weighted by molar-refractivity contribution is 4.82. The average Bonchev–Trinajstić information content (AvgIpc) is 2.26. The van der Waals surface area contributed by atoms with Gasteiger partial charge in [-0.15, -0.1) is 0 Å². The number of rotatable bonds is 3. The van der Waals surface area contributed by atoms with Crippen LogP contribution in [0.1, 0.15) is 20.3 Å². The summed E-state index contributed by atoms with van der Waals surface area (Å²) in [5, 5.41) is 3.11. The maximum absolute atomic E-state index is 11.8. The highest BCUT2D eigenvalue weighted by Crippen LogP contribution is 2.18. The van der Waals surface area contributed by atoms with Crippen LogP contribution in [0, 0.1) is 0 Å². The number of nitrogens with one attached hydrogen (secondary N) is 1. The quantitative estimate of drug-likeness (QED) is 0.669. The van der Waals surface area contributed by atoms with E-state index < -0.39 is 0 Å². The van der Waals surface area contributed by atoms with Crippen molar-refractivity contribution in [3.63, 3.8) is 0 Å². The van der Waals surface area contributed by atoms with Gasteiger partial charge in [0.25, 0.3) is 0 Å². The van der Waals surface area contributed by atoms with Crippen LogP contribution < -0.4 is 5.32 Å². The van der Waals surface area contributed by atoms with Crippen LogP contribution in [0.2, 0.25) is 0 Å². The van der Waals surface area contributed by atoms with Gasteiger partial charge in [0.15, 0.2) is 0 Å². The zero-order valence-corrected chi connectivity index (χ0v) is 7.14. The van der Waals surface area contributed by atoms with E-state index in [4.69, 9.17) is 4.74 Å². The number of alkyl halides is 1. The molecule has 0 aromatic carbocycles. The first-order valence-corrected chi connectivity index (χ1v) is 4.19. The monoisotopic (exact) mass is 161 g/mol. The molecule has 2 nitrogen and oxygen atoms in total. The third kappa shape index (κ3) is 2.42. The van der Waals surface area contributed by atoms with Crippen LogP contribution in [-0.2, 0) is 4.74 Å². The van der Waals surface area contributed by atoms with Gasteiger partial charge in [-0.1, -0.05) is 0 Å². The highest BCUT2D eigenvalue weighted by atomic mass is 19.1. The molecule has 66 valence electrons. The van der Waals surface area contributed by atoms with Gasteiger partial charge in [0, 0.05) is 12.6 Å². The Morgan fingerprint density at radius 2 is 2.27 bits per heavy atom. The lowest BCUT2D eigenvalue weighted by Gasteiger charge is -2.13. The standard InChI is InChI=1S/C8H16FNO/c1-6-5-8(7(2)11-6)10-4-3-9/h6-8,10H,3-5H2,1-2H3. The topological polar surface area (TPSA) is 21.3 Å². The zero-order valence-electron chi connectivity index (χ0n) is 7.14. The molecular weight excluding hydrogens is 145 g/mol. The molecule has 0 aliphatic carbocycles. The Labute approximate surface area is 67.1 Å². The number of hydrogen-bond acceptors (Lipinski definition) is 2. The average molecular weight is 161 g/mol. The minimum absolute atomic E-state index is 0.233. The van der Waals surface area contributed by atoms with Gasteiger partial charge in [0.05, 0.1) is 12.2 Å². The van der Waals surface area contributed by atoms with Crippen molar-refractivity contribution in [3.8, 4) is 0 Å². The Kier molecular flexibility index (Phi) is 3.27. The number of halogens is 1. The fourth-order valence-corrected chi connectivity index (χ4v) is 1.56. The van der Waals surface area contributed by atoms with Crippen molar-refractivity contribution in [3.05, 3.63) is 0 Å². The second-order valence-corrected chi connectivity index (χ2v) is 3.14. The van der Waals surface area contributed by atoms with Crippen molar-refractivity contribution < 1.29 is 9.13 Å². The second-order valence-electron chi connectivity index (χ2n) is 3.14. The molecule has 11 heavy (non-hydrogen) atoms. The molecule has 1 saturated heterocycles. The van der Waals surface area contributed by atoms with Gasteiger partial charge in [-0.25, -0.2) is 4.39 Å². The summed E-state index contributed by atoms with van der Waals surface area (Å²) in [4.78, 5) is 0. The molecule has 0 amide bonds. The summed E-state index contributed by atoms with van der Waals surface area (Å²) in [7, 11) is 0.